The van der Waals surface area contributed by atoms with Crippen molar-refractivity contribution >= 4 is 12.4 Å². The van der Waals surface area contributed by atoms with Crippen LogP contribution in [0.2, 0.25) is 0 Å². The van der Waals surface area contributed by atoms with Crippen molar-refractivity contribution in [1.82, 2.24) is 4.90 Å². The van der Waals surface area contributed by atoms with Crippen molar-refractivity contribution in [3.05, 3.63) is 48.7 Å². The summed E-state index contributed by atoms with van der Waals surface area (Å²) >= 11 is 0. The first-order chi connectivity index (χ1) is 11.9. The van der Waals surface area contributed by atoms with Crippen LogP contribution in [0.3, 0.4) is 0 Å². The van der Waals surface area contributed by atoms with Gasteiger partial charge in [0.25, 0.3) is 0 Å². The van der Waals surface area contributed by atoms with E-state index >= 15 is 0 Å². The number of hydrogen-bond acceptors (Lipinski definition) is 1. The Morgan fingerprint density at radius 1 is 0.760 bits per heavy atom. The second kappa shape index (κ2) is 17.9. The van der Waals surface area contributed by atoms with E-state index in [2.05, 4.69) is 48.7 Å². The molecule has 0 N–H and O–H groups in total. The van der Waals surface area contributed by atoms with E-state index in [0.29, 0.717) is 0 Å². The van der Waals surface area contributed by atoms with Crippen LogP contribution in [0.15, 0.2) is 43.1 Å². The predicted molar refractivity (Wildman–Crippen MR) is 115 cm³/mol. The molecule has 0 saturated heterocycles. The highest BCUT2D eigenvalue weighted by Gasteiger charge is 2.00. The number of halogens is 1. The molecule has 0 amide bonds. The SMILES string of the molecule is C=CN(CCCCCCCCCCCCCC)Cc1ccccc1.Cl. The van der Waals surface area contributed by atoms with Crippen LogP contribution in [0.4, 0.5) is 0 Å². The number of rotatable bonds is 16. The Morgan fingerprint density at radius 2 is 1.24 bits per heavy atom. The number of nitrogens with zero attached hydrogens (tertiary/aromatic N) is 1. The zero-order chi connectivity index (χ0) is 17.3. The van der Waals surface area contributed by atoms with Gasteiger partial charge in [-0.25, -0.2) is 0 Å². The fraction of sp³-hybridized carbons (Fsp3) is 0.652. The summed E-state index contributed by atoms with van der Waals surface area (Å²) in [5.41, 5.74) is 1.37. The largest absolute Gasteiger partial charge is 0.374 e. The molecule has 0 bridgehead atoms. The van der Waals surface area contributed by atoms with Gasteiger partial charge in [0.15, 0.2) is 0 Å². The average molecular weight is 366 g/mol. The molecular formula is C23H40ClN. The topological polar surface area (TPSA) is 3.24 Å². The second-order valence-electron chi connectivity index (χ2n) is 7.03. The summed E-state index contributed by atoms with van der Waals surface area (Å²) in [5, 5.41) is 0. The third-order valence-electron chi connectivity index (χ3n) is 4.79. The van der Waals surface area contributed by atoms with E-state index in [1.165, 1.54) is 82.6 Å². The van der Waals surface area contributed by atoms with Gasteiger partial charge in [-0.15, -0.1) is 12.4 Å². The van der Waals surface area contributed by atoms with Crippen LogP contribution in [0.5, 0.6) is 0 Å². The van der Waals surface area contributed by atoms with Gasteiger partial charge in [0.05, 0.1) is 0 Å². The van der Waals surface area contributed by atoms with Crippen molar-refractivity contribution in [3.63, 3.8) is 0 Å². The predicted octanol–water partition coefficient (Wildman–Crippen LogP) is 7.76. The maximum atomic E-state index is 3.96. The van der Waals surface area contributed by atoms with Gasteiger partial charge in [-0.05, 0) is 18.2 Å². The minimum atomic E-state index is 0. The van der Waals surface area contributed by atoms with Crippen LogP contribution in [0.25, 0.3) is 0 Å². The minimum absolute atomic E-state index is 0. The van der Waals surface area contributed by atoms with E-state index in [1.807, 2.05) is 6.20 Å². The van der Waals surface area contributed by atoms with Crippen LogP contribution >= 0.6 is 12.4 Å². The van der Waals surface area contributed by atoms with E-state index < -0.39 is 0 Å². The van der Waals surface area contributed by atoms with E-state index in [4.69, 9.17) is 0 Å². The van der Waals surface area contributed by atoms with Crippen LogP contribution < -0.4 is 0 Å². The Kier molecular flexibility index (Phi) is 17.2. The molecule has 0 atom stereocenters. The van der Waals surface area contributed by atoms with E-state index in [1.54, 1.807) is 0 Å². The van der Waals surface area contributed by atoms with Gasteiger partial charge in [0, 0.05) is 13.1 Å². The monoisotopic (exact) mass is 365 g/mol. The molecule has 2 heteroatoms. The molecule has 0 spiro atoms. The lowest BCUT2D eigenvalue weighted by molar-refractivity contribution is 0.355. The van der Waals surface area contributed by atoms with Gasteiger partial charge in [0.2, 0.25) is 0 Å². The molecule has 0 saturated carbocycles. The van der Waals surface area contributed by atoms with Gasteiger partial charge >= 0.3 is 0 Å². The maximum absolute atomic E-state index is 3.96. The van der Waals surface area contributed by atoms with Gasteiger partial charge in [0.1, 0.15) is 0 Å². The van der Waals surface area contributed by atoms with E-state index in [9.17, 15) is 0 Å². The lowest BCUT2D eigenvalue weighted by atomic mass is 10.1. The molecule has 0 aliphatic heterocycles. The third-order valence-corrected chi connectivity index (χ3v) is 4.79. The molecule has 0 aliphatic carbocycles. The normalized spacial score (nSPS) is 10.3. The van der Waals surface area contributed by atoms with Crippen molar-refractivity contribution < 1.29 is 0 Å². The van der Waals surface area contributed by atoms with Gasteiger partial charge in [-0.3, -0.25) is 0 Å². The molecule has 1 aromatic carbocycles. The summed E-state index contributed by atoms with van der Waals surface area (Å²) in [4.78, 5) is 2.34. The summed E-state index contributed by atoms with van der Waals surface area (Å²) in [6, 6.07) is 10.7. The smallest absolute Gasteiger partial charge is 0.0423 e. The first-order valence-electron chi connectivity index (χ1n) is 10.3. The van der Waals surface area contributed by atoms with Gasteiger partial charge in [-0.2, -0.15) is 0 Å². The van der Waals surface area contributed by atoms with Crippen molar-refractivity contribution in [2.24, 2.45) is 0 Å². The number of hydrogen-bond donors (Lipinski definition) is 0. The Morgan fingerprint density at radius 3 is 1.72 bits per heavy atom. The molecule has 0 heterocycles. The first kappa shape index (κ1) is 24.1. The number of benzene rings is 1. The highest BCUT2D eigenvalue weighted by atomic mass is 35.5. The standard InChI is InChI=1S/C23H39N.ClH/c1-3-5-6-7-8-9-10-11-12-13-14-18-21-24(4-2)22-23-19-16-15-17-20-23;/h4,15-17,19-20H,2-3,5-14,18,21-22H2,1H3;1H. The van der Waals surface area contributed by atoms with Crippen molar-refractivity contribution in [3.8, 4) is 0 Å². The zero-order valence-corrected chi connectivity index (χ0v) is 17.2. The van der Waals surface area contributed by atoms with Crippen molar-refractivity contribution in [2.75, 3.05) is 6.54 Å². The van der Waals surface area contributed by atoms with Crippen LogP contribution in [0, 0.1) is 0 Å². The number of unbranched alkanes of at least 4 members (excludes halogenated alkanes) is 11. The summed E-state index contributed by atoms with van der Waals surface area (Å²) in [6.07, 6.45) is 18.9. The first-order valence-corrected chi connectivity index (χ1v) is 10.3. The molecule has 0 aliphatic rings. The second-order valence-corrected chi connectivity index (χ2v) is 7.03. The fourth-order valence-electron chi connectivity index (χ4n) is 3.21. The molecule has 1 aromatic rings. The highest BCUT2D eigenvalue weighted by molar-refractivity contribution is 5.85. The van der Waals surface area contributed by atoms with Crippen LogP contribution in [-0.4, -0.2) is 11.4 Å². The molecule has 1 nitrogen and oxygen atoms in total. The average Bonchev–Trinajstić information content (AvgIpc) is 2.62. The lowest BCUT2D eigenvalue weighted by Gasteiger charge is -2.20. The Hall–Kier alpha value is -0.950. The molecule has 0 fully saturated rings. The molecule has 1 rings (SSSR count). The molecule has 0 aromatic heterocycles. The summed E-state index contributed by atoms with van der Waals surface area (Å²) < 4.78 is 0. The molecule has 25 heavy (non-hydrogen) atoms. The molecule has 0 unspecified atom stereocenters. The quantitative estimate of drug-likeness (QED) is 0.270. The van der Waals surface area contributed by atoms with Crippen LogP contribution in [-0.2, 0) is 6.54 Å². The molecular weight excluding hydrogens is 326 g/mol. The molecule has 144 valence electrons. The van der Waals surface area contributed by atoms with Gasteiger partial charge < -0.3 is 4.90 Å². The summed E-state index contributed by atoms with van der Waals surface area (Å²) in [7, 11) is 0. The molecule has 0 radical (unpaired) electrons. The lowest BCUT2D eigenvalue weighted by Crippen LogP contribution is -2.17. The van der Waals surface area contributed by atoms with Crippen molar-refractivity contribution in [2.45, 2.75) is 90.5 Å². The zero-order valence-electron chi connectivity index (χ0n) is 16.4. The fourth-order valence-corrected chi connectivity index (χ4v) is 3.21. The van der Waals surface area contributed by atoms with E-state index in [-0.39, 0.29) is 12.4 Å². The highest BCUT2D eigenvalue weighted by Crippen LogP contribution is 2.12. The third kappa shape index (κ3) is 14.0. The Labute approximate surface area is 163 Å². The Balaban J connectivity index is 0.00000576. The van der Waals surface area contributed by atoms with E-state index in [0.717, 1.165) is 13.1 Å². The maximum Gasteiger partial charge on any atom is 0.0423 e. The van der Waals surface area contributed by atoms with Crippen molar-refractivity contribution in [1.29, 1.82) is 0 Å². The van der Waals surface area contributed by atoms with Gasteiger partial charge in [-0.1, -0.05) is 114 Å². The summed E-state index contributed by atoms with van der Waals surface area (Å²) in [5.74, 6) is 0. The van der Waals surface area contributed by atoms with Crippen LogP contribution in [0.1, 0.15) is 89.5 Å². The summed E-state index contributed by atoms with van der Waals surface area (Å²) in [6.45, 7) is 8.37. The minimum Gasteiger partial charge on any atom is -0.374 e. The Bertz CT molecular complexity index is 390.